The summed E-state index contributed by atoms with van der Waals surface area (Å²) in [6, 6.07) is 0. The fraction of sp³-hybridized carbons (Fsp3) is 0.692. The average Bonchev–Trinajstić information content (AvgIpc) is 2.80. The summed E-state index contributed by atoms with van der Waals surface area (Å²) in [5.74, 6) is -0.221. The van der Waals surface area contributed by atoms with Gasteiger partial charge in [-0.2, -0.15) is 0 Å². The number of thiazole rings is 1. The molecule has 0 saturated carbocycles. The molecule has 0 bridgehead atoms. The molecule has 1 aliphatic heterocycles. The lowest BCUT2D eigenvalue weighted by molar-refractivity contribution is 0.0695. The Morgan fingerprint density at radius 2 is 2.00 bits per heavy atom. The van der Waals surface area contributed by atoms with Crippen molar-refractivity contribution in [1.29, 1.82) is 0 Å². The van der Waals surface area contributed by atoms with Crippen molar-refractivity contribution in [2.75, 3.05) is 32.7 Å². The highest BCUT2D eigenvalue weighted by atomic mass is 32.1. The van der Waals surface area contributed by atoms with Crippen molar-refractivity contribution >= 4 is 17.3 Å². The Labute approximate surface area is 117 Å². The molecule has 0 aromatic carbocycles. The summed E-state index contributed by atoms with van der Waals surface area (Å²) in [4.78, 5) is 19.8. The molecule has 1 aromatic rings. The maximum absolute atomic E-state index is 10.8. The highest BCUT2D eigenvalue weighted by Gasteiger charge is 2.18. The third-order valence-corrected chi connectivity index (χ3v) is 4.09. The van der Waals surface area contributed by atoms with Gasteiger partial charge >= 0.3 is 5.97 Å². The Bertz CT molecular complexity index is 425. The lowest BCUT2D eigenvalue weighted by Crippen LogP contribution is -2.46. The zero-order chi connectivity index (χ0) is 13.8. The van der Waals surface area contributed by atoms with E-state index in [1.807, 2.05) is 5.38 Å². The predicted molar refractivity (Wildman–Crippen MR) is 75.6 cm³/mol. The molecule has 0 spiro atoms. The Morgan fingerprint density at radius 1 is 1.37 bits per heavy atom. The topological polar surface area (TPSA) is 56.7 Å². The molecule has 0 atom stereocenters. The molecule has 0 radical (unpaired) electrons. The smallest absolute Gasteiger partial charge is 0.365 e. The van der Waals surface area contributed by atoms with Gasteiger partial charge < -0.3 is 10.0 Å². The van der Waals surface area contributed by atoms with E-state index in [0.29, 0.717) is 5.92 Å². The van der Waals surface area contributed by atoms with Crippen LogP contribution in [0.1, 0.15) is 29.3 Å². The number of carboxylic acid groups (broad SMARTS) is 1. The van der Waals surface area contributed by atoms with Gasteiger partial charge in [-0.1, -0.05) is 13.8 Å². The Morgan fingerprint density at radius 3 is 2.53 bits per heavy atom. The summed E-state index contributed by atoms with van der Waals surface area (Å²) in [6.07, 6.45) is 0. The third-order valence-electron chi connectivity index (χ3n) is 3.21. The molecule has 2 heterocycles. The van der Waals surface area contributed by atoms with Crippen molar-refractivity contribution in [1.82, 2.24) is 14.8 Å². The number of carboxylic acids is 1. The first-order valence-electron chi connectivity index (χ1n) is 6.67. The molecule has 0 unspecified atom stereocenters. The Kier molecular flexibility index (Phi) is 4.90. The molecular formula is C13H21N3O2S. The second-order valence-electron chi connectivity index (χ2n) is 5.42. The molecule has 2 rings (SSSR count). The van der Waals surface area contributed by atoms with E-state index in [1.165, 1.54) is 11.3 Å². The second-order valence-corrected chi connectivity index (χ2v) is 6.28. The summed E-state index contributed by atoms with van der Waals surface area (Å²) < 4.78 is 0. The zero-order valence-electron chi connectivity index (χ0n) is 11.5. The first kappa shape index (κ1) is 14.4. The standard InChI is InChI=1S/C13H21N3O2S/c1-10(2)7-15-3-5-16(6-4-15)8-11-9-19-12(14-11)13(17)18/h9-10H,3-8H2,1-2H3,(H,17,18). The molecule has 106 valence electrons. The summed E-state index contributed by atoms with van der Waals surface area (Å²) in [5.41, 5.74) is 0.875. The van der Waals surface area contributed by atoms with Crippen LogP contribution in [0.4, 0.5) is 0 Å². The number of piperazine rings is 1. The SMILES string of the molecule is CC(C)CN1CCN(Cc2csc(C(=O)O)n2)CC1. The lowest BCUT2D eigenvalue weighted by atomic mass is 10.2. The van der Waals surface area contributed by atoms with Crippen LogP contribution in [0.3, 0.4) is 0 Å². The fourth-order valence-corrected chi connectivity index (χ4v) is 3.00. The first-order chi connectivity index (χ1) is 9.04. The van der Waals surface area contributed by atoms with E-state index in [4.69, 9.17) is 5.11 Å². The van der Waals surface area contributed by atoms with Crippen molar-refractivity contribution in [2.24, 2.45) is 5.92 Å². The van der Waals surface area contributed by atoms with Gasteiger partial charge in [-0.25, -0.2) is 9.78 Å². The third kappa shape index (κ3) is 4.26. The lowest BCUT2D eigenvalue weighted by Gasteiger charge is -2.35. The van der Waals surface area contributed by atoms with E-state index >= 15 is 0 Å². The van der Waals surface area contributed by atoms with Gasteiger partial charge in [-0.15, -0.1) is 11.3 Å². The molecule has 1 aliphatic rings. The number of aromatic nitrogens is 1. The summed E-state index contributed by atoms with van der Waals surface area (Å²) in [5, 5.41) is 10.9. The number of aromatic carboxylic acids is 1. The highest BCUT2D eigenvalue weighted by Crippen LogP contribution is 2.13. The average molecular weight is 283 g/mol. The highest BCUT2D eigenvalue weighted by molar-refractivity contribution is 7.11. The molecule has 1 aromatic heterocycles. The van der Waals surface area contributed by atoms with Crippen LogP contribution >= 0.6 is 11.3 Å². The van der Waals surface area contributed by atoms with Crippen LogP contribution < -0.4 is 0 Å². The summed E-state index contributed by atoms with van der Waals surface area (Å²) in [7, 11) is 0. The second kappa shape index (κ2) is 6.45. The van der Waals surface area contributed by atoms with Crippen LogP contribution in [-0.2, 0) is 6.54 Å². The van der Waals surface area contributed by atoms with Crippen molar-refractivity contribution in [3.63, 3.8) is 0 Å². The van der Waals surface area contributed by atoms with Crippen molar-refractivity contribution in [2.45, 2.75) is 20.4 Å². The number of carbonyl (C=O) groups is 1. The molecule has 1 N–H and O–H groups in total. The zero-order valence-corrected chi connectivity index (χ0v) is 12.3. The molecule has 19 heavy (non-hydrogen) atoms. The maximum atomic E-state index is 10.8. The van der Waals surface area contributed by atoms with Gasteiger partial charge in [-0.3, -0.25) is 4.90 Å². The van der Waals surface area contributed by atoms with Gasteiger partial charge in [0, 0.05) is 44.6 Å². The van der Waals surface area contributed by atoms with Gasteiger partial charge in [-0.05, 0) is 5.92 Å². The number of hydrogen-bond acceptors (Lipinski definition) is 5. The minimum atomic E-state index is -0.932. The van der Waals surface area contributed by atoms with Gasteiger partial charge in [0.2, 0.25) is 5.01 Å². The molecule has 6 heteroatoms. The van der Waals surface area contributed by atoms with E-state index in [0.717, 1.165) is 45.0 Å². The van der Waals surface area contributed by atoms with Crippen LogP contribution in [-0.4, -0.2) is 58.6 Å². The minimum Gasteiger partial charge on any atom is -0.476 e. The van der Waals surface area contributed by atoms with E-state index in [-0.39, 0.29) is 5.01 Å². The molecule has 0 amide bonds. The Hall–Kier alpha value is -0.980. The monoisotopic (exact) mass is 283 g/mol. The van der Waals surface area contributed by atoms with Gasteiger partial charge in [0.25, 0.3) is 0 Å². The van der Waals surface area contributed by atoms with Crippen LogP contribution in [0.15, 0.2) is 5.38 Å². The number of rotatable bonds is 5. The van der Waals surface area contributed by atoms with E-state index in [1.54, 1.807) is 0 Å². The van der Waals surface area contributed by atoms with Gasteiger partial charge in [0.1, 0.15) is 0 Å². The normalized spacial score (nSPS) is 18.1. The molecule has 0 aliphatic carbocycles. The summed E-state index contributed by atoms with van der Waals surface area (Å²) >= 11 is 1.21. The van der Waals surface area contributed by atoms with Crippen molar-refractivity contribution < 1.29 is 9.90 Å². The van der Waals surface area contributed by atoms with E-state index in [2.05, 4.69) is 28.6 Å². The summed E-state index contributed by atoms with van der Waals surface area (Å²) in [6.45, 7) is 10.7. The quantitative estimate of drug-likeness (QED) is 0.890. The van der Waals surface area contributed by atoms with Crippen LogP contribution in [0.5, 0.6) is 0 Å². The maximum Gasteiger partial charge on any atom is 0.365 e. The van der Waals surface area contributed by atoms with E-state index < -0.39 is 5.97 Å². The van der Waals surface area contributed by atoms with E-state index in [9.17, 15) is 4.79 Å². The van der Waals surface area contributed by atoms with Crippen LogP contribution in [0.2, 0.25) is 0 Å². The van der Waals surface area contributed by atoms with Gasteiger partial charge in [0.15, 0.2) is 0 Å². The van der Waals surface area contributed by atoms with Crippen molar-refractivity contribution in [3.8, 4) is 0 Å². The Balaban J connectivity index is 1.80. The minimum absolute atomic E-state index is 0.188. The van der Waals surface area contributed by atoms with Gasteiger partial charge in [0.05, 0.1) is 5.69 Å². The molecule has 1 fully saturated rings. The molecule has 5 nitrogen and oxygen atoms in total. The number of nitrogens with zero attached hydrogens (tertiary/aromatic N) is 3. The number of hydrogen-bond donors (Lipinski definition) is 1. The van der Waals surface area contributed by atoms with Crippen LogP contribution in [0, 0.1) is 5.92 Å². The largest absolute Gasteiger partial charge is 0.476 e. The van der Waals surface area contributed by atoms with Crippen molar-refractivity contribution in [3.05, 3.63) is 16.1 Å². The fourth-order valence-electron chi connectivity index (χ4n) is 2.35. The van der Waals surface area contributed by atoms with Crippen LogP contribution in [0.25, 0.3) is 0 Å². The molecular weight excluding hydrogens is 262 g/mol. The first-order valence-corrected chi connectivity index (χ1v) is 7.55. The predicted octanol–water partition coefficient (Wildman–Crippen LogP) is 1.61. The molecule has 1 saturated heterocycles.